The highest BCUT2D eigenvalue weighted by atomic mass is 19.4. The molecule has 1 aliphatic carbocycles. The third-order valence-corrected chi connectivity index (χ3v) is 3.42. The van der Waals surface area contributed by atoms with Crippen LogP contribution < -0.4 is 5.43 Å². The summed E-state index contributed by atoms with van der Waals surface area (Å²) in [5.74, 6) is -1.75. The van der Waals surface area contributed by atoms with Crippen molar-refractivity contribution in [3.8, 4) is 5.82 Å². The molecule has 0 fully saturated rings. The highest BCUT2D eigenvalue weighted by Gasteiger charge is 2.41. The number of aromatic nitrogens is 3. The van der Waals surface area contributed by atoms with Gasteiger partial charge in [0, 0.05) is 24.2 Å². The van der Waals surface area contributed by atoms with Gasteiger partial charge in [0.1, 0.15) is 11.5 Å². The lowest BCUT2D eigenvalue weighted by Crippen LogP contribution is -2.18. The van der Waals surface area contributed by atoms with Gasteiger partial charge in [-0.2, -0.15) is 18.3 Å². The number of H-pyrrole nitrogens is 1. The molecule has 1 aliphatic rings. The Hall–Kier alpha value is -2.45. The molecule has 9 heteroatoms. The van der Waals surface area contributed by atoms with Gasteiger partial charge in [-0.3, -0.25) is 9.59 Å². The Morgan fingerprint density at radius 1 is 1.23 bits per heavy atom. The minimum absolute atomic E-state index is 0.0708. The van der Waals surface area contributed by atoms with E-state index in [-0.39, 0.29) is 29.9 Å². The number of fused-ring (bicyclic) bond motifs is 1. The molecule has 2 aromatic rings. The first-order valence-corrected chi connectivity index (χ1v) is 6.40. The van der Waals surface area contributed by atoms with E-state index in [4.69, 9.17) is 0 Å². The molecule has 0 aromatic carbocycles. The second-order valence-corrected chi connectivity index (χ2v) is 4.89. The topological polar surface area (TPSA) is 67.8 Å². The number of carbonyl (C=O) groups excluding carboxylic acids is 1. The van der Waals surface area contributed by atoms with Gasteiger partial charge in [-0.05, 0) is 12.8 Å². The quantitative estimate of drug-likeness (QED) is 0.821. The summed E-state index contributed by atoms with van der Waals surface area (Å²) in [7, 11) is 0. The number of ketones is 1. The van der Waals surface area contributed by atoms with Crippen LogP contribution in [0.15, 0.2) is 17.1 Å². The molecule has 2 heterocycles. The lowest BCUT2D eigenvalue weighted by molar-refractivity contribution is -0.142. The predicted molar refractivity (Wildman–Crippen MR) is 66.4 cm³/mol. The molecule has 0 atom stereocenters. The van der Waals surface area contributed by atoms with Crippen LogP contribution in [-0.4, -0.2) is 20.5 Å². The Morgan fingerprint density at radius 2 is 1.95 bits per heavy atom. The molecule has 116 valence electrons. The average molecular weight is 315 g/mol. The molecule has 0 saturated carbocycles. The molecule has 1 N–H and O–H groups in total. The van der Waals surface area contributed by atoms with Crippen LogP contribution in [0.2, 0.25) is 0 Å². The monoisotopic (exact) mass is 315 g/mol. The number of nitrogens with one attached hydrogen (secondary N) is 1. The molecule has 0 bridgehead atoms. The van der Waals surface area contributed by atoms with Gasteiger partial charge in [0.2, 0.25) is 5.43 Å². The van der Waals surface area contributed by atoms with Gasteiger partial charge in [-0.15, -0.1) is 0 Å². The third-order valence-electron chi connectivity index (χ3n) is 3.42. The molecule has 0 radical (unpaired) electrons. The van der Waals surface area contributed by atoms with E-state index in [2.05, 4.69) is 10.1 Å². The largest absolute Gasteiger partial charge is 0.435 e. The van der Waals surface area contributed by atoms with Crippen LogP contribution >= 0.6 is 0 Å². The van der Waals surface area contributed by atoms with Gasteiger partial charge in [0.05, 0.1) is 0 Å². The molecule has 22 heavy (non-hydrogen) atoms. The smallest absolute Gasteiger partial charge is 0.344 e. The van der Waals surface area contributed by atoms with Gasteiger partial charge in [-0.25, -0.2) is 9.07 Å². The van der Waals surface area contributed by atoms with Crippen LogP contribution in [0, 0.1) is 5.82 Å². The maximum absolute atomic E-state index is 13.1. The molecular formula is C13H9F4N3O2. The number of Topliss-reactive ketones (excluding diaryl/α,β-unsaturated/α-hetero) is 1. The third kappa shape index (κ3) is 2.22. The number of carbonyl (C=O) groups is 1. The number of hydrogen-bond donors (Lipinski definition) is 1. The van der Waals surface area contributed by atoms with Crippen molar-refractivity contribution in [2.75, 3.05) is 0 Å². The van der Waals surface area contributed by atoms with E-state index >= 15 is 0 Å². The standard InChI is InChI=1S/C13H9F4N3O2/c14-7-5-18-10(4-9(7)22)20-11-6(2-1-3-8(11)21)12(19-20)13(15,16)17/h4-5H,1-3H2,(H,18,22). The molecule has 0 spiro atoms. The number of pyridine rings is 1. The average Bonchev–Trinajstić information content (AvgIpc) is 2.83. The second kappa shape index (κ2) is 4.79. The number of hydrogen-bond acceptors (Lipinski definition) is 3. The van der Waals surface area contributed by atoms with Gasteiger partial charge in [0.25, 0.3) is 0 Å². The van der Waals surface area contributed by atoms with Crippen molar-refractivity contribution in [3.05, 3.63) is 45.3 Å². The first-order chi connectivity index (χ1) is 10.3. The summed E-state index contributed by atoms with van der Waals surface area (Å²) in [5, 5.41) is 3.43. The first kappa shape index (κ1) is 14.5. The SMILES string of the molecule is O=C1CCCc2c(C(F)(F)F)nn(-c3cc(=O)c(F)c[nH]3)c21. The fourth-order valence-corrected chi connectivity index (χ4v) is 2.49. The van der Waals surface area contributed by atoms with Crippen LogP contribution in [0.3, 0.4) is 0 Å². The first-order valence-electron chi connectivity index (χ1n) is 6.40. The van der Waals surface area contributed by atoms with E-state index in [0.717, 1.165) is 10.7 Å². The summed E-state index contributed by atoms with van der Waals surface area (Å²) in [6, 6.07) is 0.769. The molecular weight excluding hydrogens is 306 g/mol. The van der Waals surface area contributed by atoms with Crippen LogP contribution in [-0.2, 0) is 12.6 Å². The zero-order valence-corrected chi connectivity index (χ0v) is 11.0. The van der Waals surface area contributed by atoms with Gasteiger partial charge >= 0.3 is 6.18 Å². The Kier molecular flexibility index (Phi) is 3.15. The summed E-state index contributed by atoms with van der Waals surface area (Å²) >= 11 is 0. The van der Waals surface area contributed by atoms with E-state index in [9.17, 15) is 27.2 Å². The van der Waals surface area contributed by atoms with E-state index in [1.165, 1.54) is 0 Å². The van der Waals surface area contributed by atoms with Crippen molar-refractivity contribution >= 4 is 5.78 Å². The number of rotatable bonds is 1. The van der Waals surface area contributed by atoms with Crippen LogP contribution in [0.4, 0.5) is 17.6 Å². The van der Waals surface area contributed by atoms with Crippen molar-refractivity contribution in [1.82, 2.24) is 14.8 Å². The lowest BCUT2D eigenvalue weighted by Gasteiger charge is -2.13. The summed E-state index contributed by atoms with van der Waals surface area (Å²) in [6.45, 7) is 0. The molecule has 0 saturated heterocycles. The van der Waals surface area contributed by atoms with Gasteiger partial charge < -0.3 is 4.98 Å². The molecule has 0 unspecified atom stereocenters. The Labute approximate surface area is 120 Å². The van der Waals surface area contributed by atoms with Crippen molar-refractivity contribution in [2.45, 2.75) is 25.4 Å². The van der Waals surface area contributed by atoms with Gasteiger partial charge in [0.15, 0.2) is 17.3 Å². The van der Waals surface area contributed by atoms with Gasteiger partial charge in [-0.1, -0.05) is 0 Å². The summed E-state index contributed by atoms with van der Waals surface area (Å²) in [6.07, 6.45) is -3.52. The van der Waals surface area contributed by atoms with Crippen LogP contribution in [0.25, 0.3) is 5.82 Å². The van der Waals surface area contributed by atoms with Crippen molar-refractivity contribution < 1.29 is 22.4 Å². The summed E-state index contributed by atoms with van der Waals surface area (Å²) in [4.78, 5) is 25.6. The Bertz CT molecular complexity index is 820. The maximum atomic E-state index is 13.1. The maximum Gasteiger partial charge on any atom is 0.435 e. The predicted octanol–water partition coefficient (Wildman–Crippen LogP) is 2.24. The van der Waals surface area contributed by atoms with Crippen molar-refractivity contribution in [2.24, 2.45) is 0 Å². The minimum atomic E-state index is -4.72. The molecule has 3 rings (SSSR count). The number of nitrogens with zero attached hydrogens (tertiary/aromatic N) is 2. The Morgan fingerprint density at radius 3 is 2.59 bits per heavy atom. The van der Waals surface area contributed by atoms with E-state index in [0.29, 0.717) is 12.6 Å². The fourth-order valence-electron chi connectivity index (χ4n) is 2.49. The van der Waals surface area contributed by atoms with Crippen LogP contribution in [0.5, 0.6) is 0 Å². The highest BCUT2D eigenvalue weighted by Crippen LogP contribution is 2.36. The normalized spacial score (nSPS) is 15.0. The second-order valence-electron chi connectivity index (χ2n) is 4.89. The zero-order valence-electron chi connectivity index (χ0n) is 11.0. The molecule has 5 nitrogen and oxygen atoms in total. The fraction of sp³-hybridized carbons (Fsp3) is 0.308. The zero-order chi connectivity index (χ0) is 16.1. The Balaban J connectivity index is 2.28. The minimum Gasteiger partial charge on any atom is -0.344 e. The summed E-state index contributed by atoms with van der Waals surface area (Å²) < 4.78 is 52.9. The van der Waals surface area contributed by atoms with Crippen molar-refractivity contribution in [3.63, 3.8) is 0 Å². The number of halogens is 4. The molecule has 0 amide bonds. The number of alkyl halides is 3. The van der Waals surface area contributed by atoms with E-state index in [1.807, 2.05) is 0 Å². The lowest BCUT2D eigenvalue weighted by atomic mass is 9.94. The number of aromatic amines is 1. The van der Waals surface area contributed by atoms with E-state index < -0.39 is 28.9 Å². The van der Waals surface area contributed by atoms with Crippen molar-refractivity contribution in [1.29, 1.82) is 0 Å². The van der Waals surface area contributed by atoms with E-state index in [1.54, 1.807) is 0 Å². The molecule has 2 aromatic heterocycles. The highest BCUT2D eigenvalue weighted by molar-refractivity contribution is 5.97. The van der Waals surface area contributed by atoms with Crippen LogP contribution in [0.1, 0.15) is 34.6 Å². The molecule has 0 aliphatic heterocycles. The summed E-state index contributed by atoms with van der Waals surface area (Å²) in [5.41, 5.74) is -2.55.